The molecule has 8 rings (SSSR count). The summed E-state index contributed by atoms with van der Waals surface area (Å²) >= 11 is 7.02. The van der Waals surface area contributed by atoms with Crippen LogP contribution in [0.25, 0.3) is 0 Å². The second kappa shape index (κ2) is 67.5. The quantitative estimate of drug-likeness (QED) is 0.00724. The molecule has 0 aromatic rings. The Bertz CT molecular complexity index is 3020. The number of aliphatic hydroxyl groups excluding tert-OH is 10. The van der Waals surface area contributed by atoms with Gasteiger partial charge in [-0.05, 0) is 125 Å². The molecule has 2 saturated carbocycles. The Morgan fingerprint density at radius 2 is 1.07 bits per heavy atom. The summed E-state index contributed by atoms with van der Waals surface area (Å²) in [4.78, 5) is 123. The first-order chi connectivity index (χ1) is 57.3. The van der Waals surface area contributed by atoms with Crippen LogP contribution in [0.1, 0.15) is 172 Å². The summed E-state index contributed by atoms with van der Waals surface area (Å²) in [6.07, 6.45) is 0.943. The minimum absolute atomic E-state index is 0. The molecule has 0 aromatic carbocycles. The monoisotopic (exact) mass is 1840 g/mol. The van der Waals surface area contributed by atoms with Crippen LogP contribution in [0.4, 0.5) is 0 Å². The second-order valence-electron chi connectivity index (χ2n) is 28.2. The molecule has 4 unspecified atom stereocenters. The Kier molecular flexibility index (Phi) is 67.8. The zero-order valence-corrected chi connectivity index (χ0v) is 79.2. The number of thiol groups is 1. The van der Waals surface area contributed by atoms with Crippen molar-refractivity contribution in [1.29, 1.82) is 5.41 Å². The number of aliphatic carboxylic acids is 1. The number of ether oxygens (including phenoxy) is 9. The molecule has 22 N–H and O–H groups in total. The van der Waals surface area contributed by atoms with Crippen LogP contribution in [0.2, 0.25) is 0 Å². The number of imide groups is 2. The first-order valence-electron chi connectivity index (χ1n) is 40.9. The Morgan fingerprint density at radius 1 is 0.639 bits per heavy atom. The van der Waals surface area contributed by atoms with E-state index in [4.69, 9.17) is 58.3 Å². The number of thioether (sulfide) groups is 2. The van der Waals surface area contributed by atoms with Crippen LogP contribution < -0.4 is 89.5 Å². The number of nitrogens with two attached hydrogens (primary N) is 1. The van der Waals surface area contributed by atoms with Gasteiger partial charge in [0.05, 0.1) is 55.0 Å². The summed E-state index contributed by atoms with van der Waals surface area (Å²) in [5.41, 5.74) is 14.5. The molecule has 708 valence electrons. The molecule has 9 amide bonds. The van der Waals surface area contributed by atoms with Crippen molar-refractivity contribution in [3.8, 4) is 0 Å². The van der Waals surface area contributed by atoms with Gasteiger partial charge in [-0.3, -0.25) is 74.6 Å². The van der Waals surface area contributed by atoms with E-state index in [2.05, 4.69) is 50.7 Å². The van der Waals surface area contributed by atoms with Gasteiger partial charge >= 0.3 is 57.4 Å². The molecule has 45 heteroatoms. The van der Waals surface area contributed by atoms with E-state index >= 15 is 0 Å². The number of hydrogen-bond donors (Lipinski definition) is 20. The Hall–Kier alpha value is -3.68. The van der Waals surface area contributed by atoms with E-state index < -0.39 is 154 Å². The van der Waals surface area contributed by atoms with Gasteiger partial charge in [-0.25, -0.2) is 10.2 Å². The number of carbonyl (C=O) groups is 10. The van der Waals surface area contributed by atoms with Crippen molar-refractivity contribution in [2.24, 2.45) is 41.2 Å². The summed E-state index contributed by atoms with van der Waals surface area (Å²) in [5.74, 6) is -8.20. The van der Waals surface area contributed by atoms with E-state index in [0.717, 1.165) is 36.5 Å². The third kappa shape index (κ3) is 39.7. The number of aliphatic hydroxyl groups is 10. The van der Waals surface area contributed by atoms with Gasteiger partial charge in [0.15, 0.2) is 5.79 Å². The van der Waals surface area contributed by atoms with Crippen molar-refractivity contribution in [1.82, 2.24) is 42.1 Å². The van der Waals surface area contributed by atoms with Crippen LogP contribution >= 0.6 is 36.2 Å². The van der Waals surface area contributed by atoms with Crippen LogP contribution in [-0.4, -0.2) is 339 Å². The van der Waals surface area contributed by atoms with Gasteiger partial charge in [0, 0.05) is 111 Å². The third-order valence-corrected chi connectivity index (χ3v) is 23.0. The van der Waals surface area contributed by atoms with Crippen molar-refractivity contribution in [3.05, 3.63) is 12.2 Å². The minimum Gasteiger partial charge on any atom is -1.00 e. The fourth-order valence-corrected chi connectivity index (χ4v) is 16.4. The molecule has 122 heavy (non-hydrogen) atoms. The van der Waals surface area contributed by atoms with Crippen molar-refractivity contribution < 1.29 is 205 Å². The molecular weight excluding hydrogens is 1700 g/mol. The molecule has 0 bridgehead atoms. The van der Waals surface area contributed by atoms with E-state index in [1.807, 2.05) is 48.5 Å². The minimum atomic E-state index is -2.30. The van der Waals surface area contributed by atoms with Gasteiger partial charge in [-0.1, -0.05) is 55.4 Å². The van der Waals surface area contributed by atoms with Crippen LogP contribution in [0.15, 0.2) is 12.2 Å². The summed E-state index contributed by atoms with van der Waals surface area (Å²) < 4.78 is 48.1. The fraction of sp³-hybridized carbons (Fsp3) is 0.831. The van der Waals surface area contributed by atoms with Crippen molar-refractivity contribution in [2.45, 2.75) is 255 Å². The SMILES string of the molecule is CC.CC.CC.CN.CNC(=O)CCCS.CNC(=O)CCCSC1CC(=O)N(CC2CCC(C(=O)NNC(=O)[C@@]3(OCO)C[C@@H](O)[C@@H](OC)C([C@@H](O)CO)O3)CC2)C1=O.CO[C@H]1C([C@@H](O)CO)O[C@@](OCO)(C(=O)O)C[C@H]1C.CO[C@H]1C([C@@H](O)CO)O[C@](CNNC(=O)C2CCC(CN3C(=O)C=CC3=O)CC2)(OCO)C[C@H]1C.N=C1CCCS1.O.[2H-].[K+]. The van der Waals surface area contributed by atoms with Gasteiger partial charge in [-0.2, -0.15) is 12.6 Å². The molecule has 8 aliphatic rings. The van der Waals surface area contributed by atoms with Crippen LogP contribution in [-0.2, 0) is 90.6 Å². The number of carbonyl (C=O) groups excluding carboxylic acids is 9. The van der Waals surface area contributed by atoms with E-state index in [1.165, 1.54) is 74.3 Å². The number of nitrogens with one attached hydrogen (secondary N) is 7. The van der Waals surface area contributed by atoms with Gasteiger partial charge in [-0.15, -0.1) is 23.5 Å². The average molecular weight is 1840 g/mol. The van der Waals surface area contributed by atoms with Gasteiger partial charge < -0.3 is 122 Å². The molecule has 0 aromatic heterocycles. The fourth-order valence-electron chi connectivity index (χ4n) is 14.3. The topological polar surface area (TPSA) is 636 Å². The molecule has 0 radical (unpaired) electrons. The first-order valence-corrected chi connectivity index (χ1v) is 43.6. The standard InChI is InChI=1S/C27H44N4O12S.C23H37N3O9.C11H20O8.C5H11NOS.C4H7NS.3C2H6.CH5N.K.H2O.H/c1-28-20(36)4-3-9-44-19-10-21(37)31(25(19)39)12-15-5-7-16(8-6-15)24(38)29-30-26(40)27(42-14-33)11-17(34)22(41-2)23(43-27)18(35)13-32;1-14-9-23(34-13-28,35-21(17(29)11-27)20(14)33-2)12-24-25-22(32)16-5-3-15(4-6-16)10-26-18(30)7-8-19(26)31;1-6-3-11(10(15)16,18-5-13)19-9(7(14)4-12)8(6)17-2;1-6-5(7)3-2-4-8;5-4-2-1-3-6-4;4*1-2;;;/h15-19,22-23,32-35H,3-14H2,1-2H3,(H,28,36)(H,29,38)(H,30,40);7-8,14-17,20-21,24,27-29H,3-6,9-13H2,1-2H3,(H,25,32);6-9,12-14H,3-5H2,1-2H3,(H,15,16);8H,2-4H2,1H3,(H,6,7);5H,1-3H2;3*1-2H3;2H2,1H3;;1H2;/q;;;;;;;;;+1;;-1/t15?,16?,17-,18+,19?,22-,23?,27-;14-,15?,16?,17+,20-,21?,23-;6-,7+,8-,9?,11-;;;;;;;;;/m111........./s1/i;;;;;;;;;;;1+1. The number of carboxylic acids is 1. The average Bonchev–Trinajstić information content (AvgIpc) is 1.16. The molecule has 0 spiro atoms. The van der Waals surface area contributed by atoms with Crippen LogP contribution in [0.5, 0.6) is 0 Å². The molecule has 5 saturated heterocycles. The normalized spacial score (nSPS) is 28.8. The maximum absolute atomic E-state index is 13.1. The number of likely N-dealkylation sites (tertiary alicyclic amines) is 1. The Labute approximate surface area is 774 Å². The number of amides is 9. The van der Waals surface area contributed by atoms with Crippen molar-refractivity contribution in [3.63, 3.8) is 0 Å². The van der Waals surface area contributed by atoms with Crippen molar-refractivity contribution >= 4 is 100 Å². The summed E-state index contributed by atoms with van der Waals surface area (Å²) in [6, 6.07) is 0. The van der Waals surface area contributed by atoms with Crippen LogP contribution in [0.3, 0.4) is 0 Å². The maximum atomic E-state index is 13.1. The number of hydrogen-bond acceptors (Lipinski definition) is 35. The van der Waals surface area contributed by atoms with Crippen LogP contribution in [0, 0.1) is 40.9 Å². The number of hydrazine groups is 2. The summed E-state index contributed by atoms with van der Waals surface area (Å²) in [5, 5.41) is 118. The predicted molar refractivity (Wildman–Crippen MR) is 450 cm³/mol. The van der Waals surface area contributed by atoms with E-state index in [-0.39, 0.29) is 155 Å². The predicted octanol–water partition coefficient (Wildman–Crippen LogP) is -4.29. The first kappa shape index (κ1) is 122. The molecule has 7 fully saturated rings. The number of carboxylic acid groups (broad SMARTS) is 1. The number of rotatable bonds is 34. The molecule has 6 aliphatic heterocycles. The Balaban J connectivity index is -0.000000792. The molecule has 16 atom stereocenters. The third-order valence-electron chi connectivity index (χ3n) is 20.4. The largest absolute Gasteiger partial charge is 1.00 e. The molecule has 6 heterocycles. The van der Waals surface area contributed by atoms with E-state index in [1.54, 1.807) is 32.8 Å². The zero-order valence-electron chi connectivity index (χ0n) is 74.6. The smallest absolute Gasteiger partial charge is 1.00 e. The van der Waals surface area contributed by atoms with Crippen molar-refractivity contribution in [2.75, 3.05) is 120 Å². The molecule has 2 aliphatic carbocycles. The summed E-state index contributed by atoms with van der Waals surface area (Å²) in [7, 11) is 8.85. The number of nitrogens with zero attached hydrogens (tertiary/aromatic N) is 2. The second-order valence-corrected chi connectivity index (χ2v) is 31.1. The van der Waals surface area contributed by atoms with Gasteiger partial charge in [0.1, 0.15) is 63.1 Å². The van der Waals surface area contributed by atoms with Gasteiger partial charge in [0.25, 0.3) is 29.3 Å². The van der Waals surface area contributed by atoms with E-state index in [9.17, 15) is 93.9 Å². The molecule has 41 nitrogen and oxygen atoms in total. The van der Waals surface area contributed by atoms with Gasteiger partial charge in [0.2, 0.25) is 35.4 Å². The summed E-state index contributed by atoms with van der Waals surface area (Å²) in [6.45, 7) is 11.9. The maximum Gasteiger partial charge on any atom is 1.00 e. The number of methoxy groups -OCH3 is 3. The van der Waals surface area contributed by atoms with E-state index in [0.29, 0.717) is 76.5 Å². The molecular formula is C77H145KN10O31S3. The Morgan fingerprint density at radius 3 is 1.49 bits per heavy atom. The zero-order chi connectivity index (χ0) is 91.5.